The van der Waals surface area contributed by atoms with Gasteiger partial charge in [-0.15, -0.1) is 0 Å². The molecule has 170 valence electrons. The molecule has 4 rings (SSSR count). The highest BCUT2D eigenvalue weighted by molar-refractivity contribution is 5.30. The van der Waals surface area contributed by atoms with Crippen molar-refractivity contribution < 1.29 is 5.11 Å². The van der Waals surface area contributed by atoms with E-state index >= 15 is 0 Å². The molecule has 0 bridgehead atoms. The molecule has 4 aliphatic rings. The molecule has 0 aliphatic heterocycles. The molecule has 0 radical (unpaired) electrons. The summed E-state index contributed by atoms with van der Waals surface area (Å²) in [5, 5.41) is 10.3. The van der Waals surface area contributed by atoms with Gasteiger partial charge in [0.15, 0.2) is 0 Å². The lowest BCUT2D eigenvalue weighted by atomic mass is 9.45. The average molecular weight is 413 g/mol. The Labute approximate surface area is 186 Å². The number of hydrogen-bond donors (Lipinski definition) is 1. The molecule has 8 unspecified atom stereocenters. The van der Waals surface area contributed by atoms with Gasteiger partial charge >= 0.3 is 0 Å². The van der Waals surface area contributed by atoms with Gasteiger partial charge in [0.2, 0.25) is 0 Å². The zero-order valence-corrected chi connectivity index (χ0v) is 20.7. The van der Waals surface area contributed by atoms with Crippen LogP contribution in [0.25, 0.3) is 0 Å². The van der Waals surface area contributed by atoms with Gasteiger partial charge in [-0.1, -0.05) is 65.3 Å². The lowest BCUT2D eigenvalue weighted by molar-refractivity contribution is -0.0852. The summed E-state index contributed by atoms with van der Waals surface area (Å²) >= 11 is 0. The highest BCUT2D eigenvalue weighted by Crippen LogP contribution is 2.66. The summed E-state index contributed by atoms with van der Waals surface area (Å²) in [5.74, 6) is 5.36. The first-order valence-electron chi connectivity index (χ1n) is 13.3. The van der Waals surface area contributed by atoms with Crippen molar-refractivity contribution in [2.24, 2.45) is 52.3 Å². The van der Waals surface area contributed by atoms with E-state index in [4.69, 9.17) is 0 Å². The summed E-state index contributed by atoms with van der Waals surface area (Å²) in [6.45, 7) is 14.8. The normalized spacial score (nSPS) is 45.6. The molecule has 4 aliphatic carbocycles. The molecule has 0 spiro atoms. The molecule has 9 atom stereocenters. The lowest BCUT2D eigenvalue weighted by Gasteiger charge is -2.59. The Balaban J connectivity index is 1.51. The molecular weight excluding hydrogens is 364 g/mol. The number of rotatable bonds is 5. The lowest BCUT2D eigenvalue weighted by Crippen LogP contribution is -2.52. The zero-order chi connectivity index (χ0) is 21.7. The molecule has 3 saturated carbocycles. The SMILES string of the molecule is CCC(/C=C/C(C)C1CC=C2C3CCC4C[C@@H](O)CCC4(C)C3CCC21C)C(C)C. The van der Waals surface area contributed by atoms with Crippen molar-refractivity contribution in [1.29, 1.82) is 0 Å². The molecule has 0 aromatic carbocycles. The Bertz CT molecular complexity index is 674. The van der Waals surface area contributed by atoms with E-state index in [1.807, 2.05) is 5.57 Å². The van der Waals surface area contributed by atoms with E-state index in [1.165, 1.54) is 44.9 Å². The average Bonchev–Trinajstić information content (AvgIpc) is 3.06. The monoisotopic (exact) mass is 412 g/mol. The van der Waals surface area contributed by atoms with Crippen molar-refractivity contribution in [3.05, 3.63) is 23.8 Å². The Kier molecular flexibility index (Phi) is 6.35. The van der Waals surface area contributed by atoms with E-state index in [9.17, 15) is 5.11 Å². The molecule has 0 saturated heterocycles. The van der Waals surface area contributed by atoms with E-state index in [0.29, 0.717) is 16.7 Å². The van der Waals surface area contributed by atoms with Crippen molar-refractivity contribution in [3.8, 4) is 0 Å². The van der Waals surface area contributed by atoms with Gasteiger partial charge in [0.05, 0.1) is 6.10 Å². The summed E-state index contributed by atoms with van der Waals surface area (Å²) < 4.78 is 0. The van der Waals surface area contributed by atoms with Crippen molar-refractivity contribution >= 4 is 0 Å². The second-order valence-corrected chi connectivity index (χ2v) is 12.4. The first-order chi connectivity index (χ1) is 14.2. The minimum absolute atomic E-state index is 0.0334. The maximum absolute atomic E-state index is 10.3. The minimum atomic E-state index is -0.0334. The standard InChI is InChI=1S/C29H48O/c1-7-21(19(2)3)9-8-20(4)25-12-13-26-24-11-10-22-18-23(30)14-16-28(22,5)27(24)15-17-29(25,26)6/h8-9,13,19-25,27,30H,7,10-12,14-18H2,1-6H3/b9-8+/t20?,21?,22?,23-,24?,25?,27?,28?,29?/m0/s1. The predicted octanol–water partition coefficient (Wildman–Crippen LogP) is 7.80. The van der Waals surface area contributed by atoms with E-state index in [2.05, 4.69) is 59.8 Å². The topological polar surface area (TPSA) is 20.2 Å². The van der Waals surface area contributed by atoms with Gasteiger partial charge in [-0.3, -0.25) is 0 Å². The predicted molar refractivity (Wildman–Crippen MR) is 128 cm³/mol. The van der Waals surface area contributed by atoms with E-state index in [-0.39, 0.29) is 6.10 Å². The molecule has 3 fully saturated rings. The van der Waals surface area contributed by atoms with E-state index in [0.717, 1.165) is 48.3 Å². The van der Waals surface area contributed by atoms with Crippen LogP contribution in [-0.2, 0) is 0 Å². The van der Waals surface area contributed by atoms with Gasteiger partial charge in [-0.25, -0.2) is 0 Å². The molecular formula is C29H48O. The first kappa shape index (κ1) is 22.6. The van der Waals surface area contributed by atoms with Gasteiger partial charge in [0, 0.05) is 0 Å². The van der Waals surface area contributed by atoms with Gasteiger partial charge in [0.1, 0.15) is 0 Å². The molecule has 30 heavy (non-hydrogen) atoms. The van der Waals surface area contributed by atoms with Crippen LogP contribution in [0.4, 0.5) is 0 Å². The summed E-state index contributed by atoms with van der Waals surface area (Å²) in [4.78, 5) is 0. The molecule has 1 nitrogen and oxygen atoms in total. The number of aliphatic hydroxyl groups excluding tert-OH is 1. The zero-order valence-electron chi connectivity index (χ0n) is 20.7. The number of hydrogen-bond acceptors (Lipinski definition) is 1. The Morgan fingerprint density at radius 3 is 2.53 bits per heavy atom. The second kappa shape index (κ2) is 8.42. The van der Waals surface area contributed by atoms with Gasteiger partial charge < -0.3 is 5.11 Å². The van der Waals surface area contributed by atoms with Crippen molar-refractivity contribution in [2.75, 3.05) is 0 Å². The van der Waals surface area contributed by atoms with Crippen molar-refractivity contribution in [3.63, 3.8) is 0 Å². The van der Waals surface area contributed by atoms with E-state index < -0.39 is 0 Å². The van der Waals surface area contributed by atoms with Crippen LogP contribution in [0.15, 0.2) is 23.8 Å². The summed E-state index contributed by atoms with van der Waals surface area (Å²) in [6.07, 6.45) is 19.2. The van der Waals surface area contributed by atoms with Crippen LogP contribution in [-0.4, -0.2) is 11.2 Å². The van der Waals surface area contributed by atoms with Crippen LogP contribution in [0.5, 0.6) is 0 Å². The molecule has 0 aromatic rings. The van der Waals surface area contributed by atoms with Crippen LogP contribution in [0.1, 0.15) is 99.3 Å². The highest BCUT2D eigenvalue weighted by atomic mass is 16.3. The van der Waals surface area contributed by atoms with Crippen LogP contribution >= 0.6 is 0 Å². The van der Waals surface area contributed by atoms with Gasteiger partial charge in [-0.05, 0) is 110 Å². The number of allylic oxidation sites excluding steroid dienone is 4. The quantitative estimate of drug-likeness (QED) is 0.457. The minimum Gasteiger partial charge on any atom is -0.393 e. The maximum Gasteiger partial charge on any atom is 0.0543 e. The number of aliphatic hydroxyl groups is 1. The van der Waals surface area contributed by atoms with Crippen LogP contribution < -0.4 is 0 Å². The maximum atomic E-state index is 10.3. The highest BCUT2D eigenvalue weighted by Gasteiger charge is 2.57. The summed E-state index contributed by atoms with van der Waals surface area (Å²) in [7, 11) is 0. The smallest absolute Gasteiger partial charge is 0.0543 e. The van der Waals surface area contributed by atoms with Gasteiger partial charge in [0.25, 0.3) is 0 Å². The van der Waals surface area contributed by atoms with Crippen molar-refractivity contribution in [1.82, 2.24) is 0 Å². The molecule has 1 N–H and O–H groups in total. The molecule has 1 heteroatoms. The largest absolute Gasteiger partial charge is 0.393 e. The third-order valence-electron chi connectivity index (χ3n) is 10.7. The molecule has 0 heterocycles. The third-order valence-corrected chi connectivity index (χ3v) is 10.7. The van der Waals surface area contributed by atoms with Crippen LogP contribution in [0.2, 0.25) is 0 Å². The van der Waals surface area contributed by atoms with Crippen LogP contribution in [0, 0.1) is 52.3 Å². The Morgan fingerprint density at radius 2 is 1.83 bits per heavy atom. The molecule has 0 amide bonds. The fraction of sp³-hybridized carbons (Fsp3) is 0.862. The Morgan fingerprint density at radius 1 is 1.07 bits per heavy atom. The molecule has 0 aromatic heterocycles. The summed E-state index contributed by atoms with van der Waals surface area (Å²) in [6, 6.07) is 0. The fourth-order valence-corrected chi connectivity index (χ4v) is 8.68. The van der Waals surface area contributed by atoms with Crippen LogP contribution in [0.3, 0.4) is 0 Å². The van der Waals surface area contributed by atoms with Gasteiger partial charge in [-0.2, -0.15) is 0 Å². The van der Waals surface area contributed by atoms with E-state index in [1.54, 1.807) is 0 Å². The summed E-state index contributed by atoms with van der Waals surface area (Å²) in [5.41, 5.74) is 2.74. The van der Waals surface area contributed by atoms with Crippen molar-refractivity contribution in [2.45, 2.75) is 105 Å². The second-order valence-electron chi connectivity index (χ2n) is 12.4. The fourth-order valence-electron chi connectivity index (χ4n) is 8.68. The first-order valence-corrected chi connectivity index (χ1v) is 13.3. The Hall–Kier alpha value is -0.560. The third kappa shape index (κ3) is 3.66. The number of fused-ring (bicyclic) bond motifs is 5.